The van der Waals surface area contributed by atoms with E-state index >= 15 is 0 Å². The van der Waals surface area contributed by atoms with Crippen LogP contribution in [0.5, 0.6) is 11.5 Å². The minimum Gasteiger partial charge on any atom is -0.508 e. The van der Waals surface area contributed by atoms with Crippen molar-refractivity contribution in [2.24, 2.45) is 0 Å². The topological polar surface area (TPSA) is 95.6 Å². The highest BCUT2D eigenvalue weighted by Crippen LogP contribution is 2.37. The number of carboxylic acid groups (broad SMARTS) is 1. The number of carboxylic acids is 1. The third kappa shape index (κ3) is 6.09. The van der Waals surface area contributed by atoms with Gasteiger partial charge in [-0.2, -0.15) is 0 Å². The second kappa shape index (κ2) is 11.4. The highest BCUT2D eigenvalue weighted by Gasteiger charge is 2.21. The third-order valence-corrected chi connectivity index (χ3v) is 6.05. The lowest BCUT2D eigenvalue weighted by Crippen LogP contribution is -2.03. The standard InChI is InChI=1S/C29H30N2O4/c32-24-16-12-21(13-17-24)27-28(22-14-18-25(33)19-15-22)31(20-8-3-1-2-7-11-26(34)35)29(30-27)23-9-5-4-6-10-23/h4-6,9-10,12-19,32-33H,1-3,7-8,11,20H2,(H,34,35). The van der Waals surface area contributed by atoms with Crippen molar-refractivity contribution in [1.82, 2.24) is 9.55 Å². The maximum atomic E-state index is 10.7. The maximum absolute atomic E-state index is 10.7. The van der Waals surface area contributed by atoms with E-state index in [0.29, 0.717) is 6.42 Å². The Balaban J connectivity index is 1.71. The Morgan fingerprint density at radius 3 is 1.89 bits per heavy atom. The average Bonchev–Trinajstić information content (AvgIpc) is 3.24. The molecule has 4 aromatic rings. The van der Waals surface area contributed by atoms with Crippen LogP contribution in [0.3, 0.4) is 0 Å². The van der Waals surface area contributed by atoms with Gasteiger partial charge in [0.1, 0.15) is 17.3 Å². The van der Waals surface area contributed by atoms with Crippen molar-refractivity contribution in [3.05, 3.63) is 78.9 Å². The van der Waals surface area contributed by atoms with Gasteiger partial charge in [0.15, 0.2) is 0 Å². The molecule has 0 unspecified atom stereocenters. The molecule has 0 bridgehead atoms. The van der Waals surface area contributed by atoms with Gasteiger partial charge < -0.3 is 19.9 Å². The van der Waals surface area contributed by atoms with Crippen molar-refractivity contribution in [1.29, 1.82) is 0 Å². The summed E-state index contributed by atoms with van der Waals surface area (Å²) >= 11 is 0. The van der Waals surface area contributed by atoms with Crippen molar-refractivity contribution >= 4 is 5.97 Å². The first-order valence-corrected chi connectivity index (χ1v) is 12.0. The van der Waals surface area contributed by atoms with E-state index in [-0.39, 0.29) is 17.9 Å². The number of phenolic OH excluding ortho intramolecular Hbond substituents is 2. The molecule has 1 aromatic heterocycles. The first kappa shape index (κ1) is 24.1. The highest BCUT2D eigenvalue weighted by atomic mass is 16.4. The van der Waals surface area contributed by atoms with Gasteiger partial charge in [0, 0.05) is 29.7 Å². The van der Waals surface area contributed by atoms with Gasteiger partial charge in [-0.25, -0.2) is 4.98 Å². The molecule has 0 amide bonds. The number of aromatic nitrogens is 2. The summed E-state index contributed by atoms with van der Waals surface area (Å²) in [5.41, 5.74) is 4.63. The predicted octanol–water partition coefficient (Wildman–Crippen LogP) is 6.72. The molecule has 6 heteroatoms. The van der Waals surface area contributed by atoms with E-state index in [4.69, 9.17) is 10.1 Å². The smallest absolute Gasteiger partial charge is 0.303 e. The van der Waals surface area contributed by atoms with Crippen LogP contribution < -0.4 is 0 Å². The van der Waals surface area contributed by atoms with Crippen LogP contribution in [0.15, 0.2) is 78.9 Å². The number of aliphatic carboxylic acids is 1. The van der Waals surface area contributed by atoms with Crippen molar-refractivity contribution in [3.63, 3.8) is 0 Å². The van der Waals surface area contributed by atoms with Crippen molar-refractivity contribution in [3.8, 4) is 45.4 Å². The Bertz CT molecular complexity index is 1250. The molecule has 0 radical (unpaired) electrons. The van der Waals surface area contributed by atoms with Crippen molar-refractivity contribution in [2.45, 2.75) is 45.1 Å². The fourth-order valence-corrected chi connectivity index (χ4v) is 4.29. The molecule has 3 N–H and O–H groups in total. The number of aromatic hydroxyl groups is 2. The molecule has 0 aliphatic carbocycles. The largest absolute Gasteiger partial charge is 0.508 e. The molecular formula is C29H30N2O4. The highest BCUT2D eigenvalue weighted by molar-refractivity contribution is 5.82. The van der Waals surface area contributed by atoms with E-state index in [1.807, 2.05) is 54.6 Å². The molecule has 35 heavy (non-hydrogen) atoms. The van der Waals surface area contributed by atoms with Crippen LogP contribution in [0, 0.1) is 0 Å². The zero-order chi connectivity index (χ0) is 24.6. The SMILES string of the molecule is O=C(O)CCCCCCCn1c(-c2ccccc2)nc(-c2ccc(O)cc2)c1-c1ccc(O)cc1. The molecule has 0 spiro atoms. The van der Waals surface area contributed by atoms with Gasteiger partial charge in [0.25, 0.3) is 0 Å². The monoisotopic (exact) mass is 470 g/mol. The van der Waals surface area contributed by atoms with Crippen LogP contribution in [0.2, 0.25) is 0 Å². The number of hydrogen-bond donors (Lipinski definition) is 3. The zero-order valence-corrected chi connectivity index (χ0v) is 19.6. The third-order valence-electron chi connectivity index (χ3n) is 6.05. The molecule has 180 valence electrons. The van der Waals surface area contributed by atoms with E-state index in [0.717, 1.165) is 66.1 Å². The quantitative estimate of drug-likeness (QED) is 0.211. The number of hydrogen-bond acceptors (Lipinski definition) is 4. The molecule has 1 heterocycles. The maximum Gasteiger partial charge on any atom is 0.303 e. The minimum absolute atomic E-state index is 0.200. The summed E-state index contributed by atoms with van der Waals surface area (Å²) in [5, 5.41) is 28.5. The lowest BCUT2D eigenvalue weighted by molar-refractivity contribution is -0.137. The normalized spacial score (nSPS) is 11.0. The molecule has 0 aliphatic rings. The van der Waals surface area contributed by atoms with Gasteiger partial charge in [-0.3, -0.25) is 4.79 Å². The summed E-state index contributed by atoms with van der Waals surface area (Å²) < 4.78 is 2.24. The van der Waals surface area contributed by atoms with Gasteiger partial charge in [-0.15, -0.1) is 0 Å². The van der Waals surface area contributed by atoms with E-state index < -0.39 is 5.97 Å². The van der Waals surface area contributed by atoms with Crippen LogP contribution in [-0.2, 0) is 11.3 Å². The Kier molecular flexibility index (Phi) is 7.83. The molecule has 3 aromatic carbocycles. The fraction of sp³-hybridized carbons (Fsp3) is 0.241. The molecule has 0 saturated heterocycles. The van der Waals surface area contributed by atoms with E-state index in [2.05, 4.69) is 4.57 Å². The van der Waals surface area contributed by atoms with Gasteiger partial charge in [0.05, 0.1) is 11.4 Å². The average molecular weight is 471 g/mol. The van der Waals surface area contributed by atoms with Crippen LogP contribution in [0.1, 0.15) is 38.5 Å². The second-order valence-electron chi connectivity index (χ2n) is 8.66. The Morgan fingerprint density at radius 2 is 1.26 bits per heavy atom. The van der Waals surface area contributed by atoms with Crippen LogP contribution >= 0.6 is 0 Å². The molecule has 4 rings (SSSR count). The summed E-state index contributed by atoms with van der Waals surface area (Å²) in [6.07, 6.45) is 4.76. The Morgan fingerprint density at radius 1 is 0.686 bits per heavy atom. The molecule has 0 fully saturated rings. The minimum atomic E-state index is -0.740. The van der Waals surface area contributed by atoms with Gasteiger partial charge >= 0.3 is 5.97 Å². The molecular weight excluding hydrogens is 440 g/mol. The number of phenols is 2. The number of carbonyl (C=O) groups is 1. The molecule has 6 nitrogen and oxygen atoms in total. The van der Waals surface area contributed by atoms with E-state index in [1.54, 1.807) is 24.3 Å². The molecule has 0 saturated carbocycles. The van der Waals surface area contributed by atoms with Crippen LogP contribution in [-0.4, -0.2) is 30.8 Å². The van der Waals surface area contributed by atoms with E-state index in [1.165, 1.54) is 0 Å². The van der Waals surface area contributed by atoms with Crippen LogP contribution in [0.4, 0.5) is 0 Å². The van der Waals surface area contributed by atoms with Crippen LogP contribution in [0.25, 0.3) is 33.9 Å². The van der Waals surface area contributed by atoms with Crippen molar-refractivity contribution < 1.29 is 20.1 Å². The van der Waals surface area contributed by atoms with Gasteiger partial charge in [0.2, 0.25) is 0 Å². The number of unbranched alkanes of at least 4 members (excludes halogenated alkanes) is 4. The zero-order valence-electron chi connectivity index (χ0n) is 19.6. The molecule has 0 atom stereocenters. The van der Waals surface area contributed by atoms with E-state index in [9.17, 15) is 15.0 Å². The summed E-state index contributed by atoms with van der Waals surface area (Å²) in [6.45, 7) is 0.754. The Labute approximate surface area is 205 Å². The number of imidazole rings is 1. The van der Waals surface area contributed by atoms with Gasteiger partial charge in [-0.1, -0.05) is 49.6 Å². The lowest BCUT2D eigenvalue weighted by Gasteiger charge is -2.14. The lowest BCUT2D eigenvalue weighted by atomic mass is 10.0. The first-order chi connectivity index (χ1) is 17.0. The van der Waals surface area contributed by atoms with Crippen molar-refractivity contribution in [2.75, 3.05) is 0 Å². The summed E-state index contributed by atoms with van der Waals surface area (Å²) in [5.74, 6) is 0.528. The summed E-state index contributed by atoms with van der Waals surface area (Å²) in [4.78, 5) is 15.8. The Hall–Kier alpha value is -4.06. The summed E-state index contributed by atoms with van der Waals surface area (Å²) in [7, 11) is 0. The second-order valence-corrected chi connectivity index (χ2v) is 8.66. The van der Waals surface area contributed by atoms with Gasteiger partial charge in [-0.05, 0) is 61.4 Å². The summed E-state index contributed by atoms with van der Waals surface area (Å²) in [6, 6.07) is 24.3. The molecule has 0 aliphatic heterocycles. The number of benzene rings is 3. The number of rotatable bonds is 11. The predicted molar refractivity (Wildman–Crippen MR) is 137 cm³/mol. The first-order valence-electron chi connectivity index (χ1n) is 12.0. The number of nitrogens with zero attached hydrogens (tertiary/aromatic N) is 2. The fourth-order valence-electron chi connectivity index (χ4n) is 4.29.